The summed E-state index contributed by atoms with van der Waals surface area (Å²) in [5.74, 6) is 0.319. The zero-order chi connectivity index (χ0) is 14.3. The maximum Gasteiger partial charge on any atom is 0.280 e. The molecule has 0 aliphatic carbocycles. The number of aromatic amines is 1. The quantitative estimate of drug-likeness (QED) is 0.664. The van der Waals surface area contributed by atoms with Gasteiger partial charge in [-0.2, -0.15) is 4.98 Å². The Morgan fingerprint density at radius 2 is 2.05 bits per heavy atom. The second-order valence-electron chi connectivity index (χ2n) is 4.40. The summed E-state index contributed by atoms with van der Waals surface area (Å²) in [6.45, 7) is 2.64. The minimum absolute atomic E-state index is 0.0593. The molecule has 0 saturated carbocycles. The molecule has 0 unspecified atom stereocenters. The summed E-state index contributed by atoms with van der Waals surface area (Å²) in [6.07, 6.45) is 0.996. The van der Waals surface area contributed by atoms with Crippen molar-refractivity contribution in [3.8, 4) is 0 Å². The van der Waals surface area contributed by atoms with E-state index in [0.717, 1.165) is 11.3 Å². The summed E-state index contributed by atoms with van der Waals surface area (Å²) >= 11 is 1.71. The van der Waals surface area contributed by atoms with Crippen LogP contribution in [0.25, 0.3) is 11.2 Å². The van der Waals surface area contributed by atoms with Crippen molar-refractivity contribution in [1.82, 2.24) is 19.5 Å². The van der Waals surface area contributed by atoms with Gasteiger partial charge >= 0.3 is 0 Å². The van der Waals surface area contributed by atoms with Gasteiger partial charge < -0.3 is 11.5 Å². The molecule has 0 aromatic carbocycles. The van der Waals surface area contributed by atoms with Gasteiger partial charge in [0.2, 0.25) is 11.9 Å². The molecule has 0 bridgehead atoms. The highest BCUT2D eigenvalue weighted by Crippen LogP contribution is 2.21. The van der Waals surface area contributed by atoms with Crippen molar-refractivity contribution in [2.24, 2.45) is 0 Å². The van der Waals surface area contributed by atoms with E-state index in [0.29, 0.717) is 12.2 Å². The summed E-state index contributed by atoms with van der Waals surface area (Å²) in [5, 5.41) is 0. The van der Waals surface area contributed by atoms with Gasteiger partial charge in [0.05, 0.1) is 6.54 Å². The summed E-state index contributed by atoms with van der Waals surface area (Å²) in [7, 11) is 0. The van der Waals surface area contributed by atoms with Crippen molar-refractivity contribution < 1.29 is 0 Å². The highest BCUT2D eigenvalue weighted by atomic mass is 32.1. The number of nitrogens with two attached hydrogens (primary N) is 2. The molecule has 8 heteroatoms. The van der Waals surface area contributed by atoms with Crippen molar-refractivity contribution in [1.29, 1.82) is 0 Å². The summed E-state index contributed by atoms with van der Waals surface area (Å²) < 4.78 is 1.70. The summed E-state index contributed by atoms with van der Waals surface area (Å²) in [6, 6.07) is 4.13. The van der Waals surface area contributed by atoms with Gasteiger partial charge in [0, 0.05) is 9.75 Å². The van der Waals surface area contributed by atoms with Crippen LogP contribution < -0.4 is 17.0 Å². The van der Waals surface area contributed by atoms with Crippen LogP contribution in [0.4, 0.5) is 11.9 Å². The zero-order valence-electron chi connectivity index (χ0n) is 10.9. The monoisotopic (exact) mass is 290 g/mol. The number of nitrogens with one attached hydrogen (secondary N) is 1. The molecule has 3 rings (SSSR count). The van der Waals surface area contributed by atoms with E-state index in [4.69, 9.17) is 11.5 Å². The first kappa shape index (κ1) is 12.7. The smallest absolute Gasteiger partial charge is 0.280 e. The number of anilines is 2. The Labute approximate surface area is 118 Å². The zero-order valence-corrected chi connectivity index (χ0v) is 11.7. The fourth-order valence-electron chi connectivity index (χ4n) is 2.05. The predicted molar refractivity (Wildman–Crippen MR) is 79.8 cm³/mol. The standard InChI is InChI=1S/C12H14N6OS/c1-2-6-3-4-7(20-6)5-18-9-8(15-12(18)14)10(19)17-11(13)16-9/h3-4H,2,5H2,1H3,(H2,14,15)(H3,13,16,17,19). The molecular weight excluding hydrogens is 276 g/mol. The van der Waals surface area contributed by atoms with Crippen molar-refractivity contribution in [2.75, 3.05) is 11.5 Å². The van der Waals surface area contributed by atoms with E-state index in [1.165, 1.54) is 4.88 Å². The van der Waals surface area contributed by atoms with Crippen LogP contribution in [0.15, 0.2) is 16.9 Å². The number of aromatic nitrogens is 4. The van der Waals surface area contributed by atoms with Gasteiger partial charge in [0.25, 0.3) is 5.56 Å². The number of fused-ring (bicyclic) bond motifs is 1. The Bertz CT molecular complexity index is 830. The first-order valence-corrected chi connectivity index (χ1v) is 6.99. The fourth-order valence-corrected chi connectivity index (χ4v) is 3.00. The van der Waals surface area contributed by atoms with Gasteiger partial charge in [-0.3, -0.25) is 14.3 Å². The van der Waals surface area contributed by atoms with Crippen LogP contribution in [-0.2, 0) is 13.0 Å². The predicted octanol–water partition coefficient (Wildman–Crippen LogP) is 0.956. The lowest BCUT2D eigenvalue weighted by molar-refractivity contribution is 0.840. The number of hydrogen-bond donors (Lipinski definition) is 3. The summed E-state index contributed by atoms with van der Waals surface area (Å²) in [4.78, 5) is 24.8. The van der Waals surface area contributed by atoms with Crippen LogP contribution in [0, 0.1) is 0 Å². The van der Waals surface area contributed by atoms with Crippen molar-refractivity contribution >= 4 is 34.4 Å². The molecular formula is C12H14N6OS. The number of rotatable bonds is 3. The van der Waals surface area contributed by atoms with Crippen molar-refractivity contribution in [3.05, 3.63) is 32.2 Å². The van der Waals surface area contributed by atoms with E-state index in [1.807, 2.05) is 6.07 Å². The van der Waals surface area contributed by atoms with E-state index in [2.05, 4.69) is 27.9 Å². The van der Waals surface area contributed by atoms with E-state index in [-0.39, 0.29) is 23.0 Å². The highest BCUT2D eigenvalue weighted by molar-refractivity contribution is 7.11. The highest BCUT2D eigenvalue weighted by Gasteiger charge is 2.14. The minimum atomic E-state index is -0.377. The third kappa shape index (κ3) is 2.03. The molecule has 104 valence electrons. The molecule has 3 heterocycles. The Balaban J connectivity index is 2.11. The maximum absolute atomic E-state index is 11.8. The molecule has 3 aromatic rings. The lowest BCUT2D eigenvalue weighted by Crippen LogP contribution is -2.12. The fraction of sp³-hybridized carbons (Fsp3) is 0.250. The van der Waals surface area contributed by atoms with E-state index in [1.54, 1.807) is 15.9 Å². The van der Waals surface area contributed by atoms with E-state index >= 15 is 0 Å². The van der Waals surface area contributed by atoms with Crippen molar-refractivity contribution in [2.45, 2.75) is 19.9 Å². The topological polar surface area (TPSA) is 116 Å². The molecule has 0 spiro atoms. The summed E-state index contributed by atoms with van der Waals surface area (Å²) in [5.41, 5.74) is 11.7. The van der Waals surface area contributed by atoms with Crippen LogP contribution in [0.3, 0.4) is 0 Å². The van der Waals surface area contributed by atoms with Crippen LogP contribution in [0.1, 0.15) is 16.7 Å². The molecule has 0 fully saturated rings. The molecule has 0 saturated heterocycles. The lowest BCUT2D eigenvalue weighted by atomic mass is 10.3. The van der Waals surface area contributed by atoms with Crippen LogP contribution in [-0.4, -0.2) is 19.5 Å². The molecule has 0 radical (unpaired) electrons. The van der Waals surface area contributed by atoms with Crippen LogP contribution in [0.2, 0.25) is 0 Å². The normalized spacial score (nSPS) is 11.2. The second kappa shape index (κ2) is 4.64. The first-order chi connectivity index (χ1) is 9.58. The number of nitrogens with zero attached hydrogens (tertiary/aromatic N) is 3. The molecule has 0 aliphatic rings. The van der Waals surface area contributed by atoms with Crippen LogP contribution >= 0.6 is 11.3 Å². The SMILES string of the molecule is CCc1ccc(Cn2c(N)nc3c(=O)[nH]c(N)nc32)s1. The second-order valence-corrected chi connectivity index (χ2v) is 5.65. The Morgan fingerprint density at radius 3 is 2.75 bits per heavy atom. The third-order valence-corrected chi connectivity index (χ3v) is 4.25. The lowest BCUT2D eigenvalue weighted by Gasteiger charge is -2.03. The Morgan fingerprint density at radius 1 is 1.30 bits per heavy atom. The molecule has 3 aromatic heterocycles. The Kier molecular flexibility index (Phi) is 2.94. The van der Waals surface area contributed by atoms with Crippen molar-refractivity contribution in [3.63, 3.8) is 0 Å². The molecule has 0 atom stereocenters. The average Bonchev–Trinajstić information content (AvgIpc) is 2.97. The van der Waals surface area contributed by atoms with E-state index in [9.17, 15) is 4.79 Å². The van der Waals surface area contributed by atoms with Gasteiger partial charge in [-0.25, -0.2) is 4.98 Å². The van der Waals surface area contributed by atoms with E-state index < -0.39 is 0 Å². The van der Waals surface area contributed by atoms with Gasteiger partial charge in [0.1, 0.15) is 0 Å². The Hall–Kier alpha value is -2.35. The first-order valence-electron chi connectivity index (χ1n) is 6.17. The number of nitrogen functional groups attached to an aromatic ring is 2. The number of thiophene rings is 1. The molecule has 20 heavy (non-hydrogen) atoms. The van der Waals surface area contributed by atoms with Gasteiger partial charge in [-0.1, -0.05) is 6.92 Å². The number of H-pyrrole nitrogens is 1. The van der Waals surface area contributed by atoms with Gasteiger partial charge in [-0.15, -0.1) is 11.3 Å². The molecule has 0 aliphatic heterocycles. The number of imidazole rings is 1. The largest absolute Gasteiger partial charge is 0.369 e. The van der Waals surface area contributed by atoms with Crippen LogP contribution in [0.5, 0.6) is 0 Å². The van der Waals surface area contributed by atoms with Gasteiger partial charge in [-0.05, 0) is 18.6 Å². The van der Waals surface area contributed by atoms with Gasteiger partial charge in [0.15, 0.2) is 11.2 Å². The third-order valence-electron chi connectivity index (χ3n) is 3.03. The number of aryl methyl sites for hydroxylation is 1. The minimum Gasteiger partial charge on any atom is -0.369 e. The molecule has 5 N–H and O–H groups in total. The molecule has 0 amide bonds. The number of hydrogen-bond acceptors (Lipinski definition) is 6. The maximum atomic E-state index is 11.8. The average molecular weight is 290 g/mol. The molecule has 7 nitrogen and oxygen atoms in total.